The van der Waals surface area contributed by atoms with E-state index in [0.29, 0.717) is 29.0 Å². The number of aromatic nitrogens is 3. The zero-order valence-electron chi connectivity index (χ0n) is 14.9. The first-order chi connectivity index (χ1) is 13.2. The molecule has 0 radical (unpaired) electrons. The van der Waals surface area contributed by atoms with Crippen molar-refractivity contribution in [2.75, 3.05) is 11.9 Å². The Hall–Kier alpha value is -3.22. The first-order valence-corrected chi connectivity index (χ1v) is 9.08. The lowest BCUT2D eigenvalue weighted by atomic mass is 10.2. The predicted octanol–water partition coefficient (Wildman–Crippen LogP) is 2.54. The lowest BCUT2D eigenvalue weighted by Crippen LogP contribution is -2.24. The number of fused-ring (bicyclic) bond motifs is 2. The summed E-state index contributed by atoms with van der Waals surface area (Å²) in [6, 6.07) is 10.4. The Bertz CT molecular complexity index is 1030. The molecule has 0 aliphatic carbocycles. The summed E-state index contributed by atoms with van der Waals surface area (Å²) in [7, 11) is 0. The van der Waals surface area contributed by atoms with Gasteiger partial charge in [0.25, 0.3) is 11.5 Å². The van der Waals surface area contributed by atoms with Crippen LogP contribution in [0.3, 0.4) is 0 Å². The molecule has 0 bridgehead atoms. The number of nitrogens with one attached hydrogen (secondary N) is 1. The standard InChI is InChI=1S/C20H20N4O3/c25-19(23-17-6-3-4-10-21-17)13-27-14-8-9-16-15(12-14)20(26)24-11-5-1-2-7-18(24)22-16/h3-4,6,8-10,12H,1-2,5,7,11,13H2,(H,21,23,25). The molecule has 1 amide bonds. The highest BCUT2D eigenvalue weighted by Crippen LogP contribution is 2.19. The number of anilines is 1. The molecule has 1 aromatic carbocycles. The summed E-state index contributed by atoms with van der Waals surface area (Å²) in [6.45, 7) is 0.538. The molecule has 0 unspecified atom stereocenters. The number of pyridine rings is 1. The second-order valence-electron chi connectivity index (χ2n) is 6.53. The summed E-state index contributed by atoms with van der Waals surface area (Å²) >= 11 is 0. The minimum absolute atomic E-state index is 0.0414. The Morgan fingerprint density at radius 1 is 1.19 bits per heavy atom. The summed E-state index contributed by atoms with van der Waals surface area (Å²) < 4.78 is 7.33. The average Bonchev–Trinajstić information content (AvgIpc) is 2.93. The maximum Gasteiger partial charge on any atom is 0.263 e. The van der Waals surface area contributed by atoms with Gasteiger partial charge < -0.3 is 10.1 Å². The van der Waals surface area contributed by atoms with E-state index in [9.17, 15) is 9.59 Å². The van der Waals surface area contributed by atoms with Gasteiger partial charge in [0.2, 0.25) is 0 Å². The first-order valence-electron chi connectivity index (χ1n) is 9.08. The van der Waals surface area contributed by atoms with Gasteiger partial charge in [0.15, 0.2) is 6.61 Å². The SMILES string of the molecule is O=C(COc1ccc2nc3n(c(=O)c2c1)CCCCC3)Nc1ccccn1. The normalized spacial score (nSPS) is 13.6. The molecule has 0 saturated carbocycles. The number of rotatable bonds is 4. The van der Waals surface area contributed by atoms with Crippen LogP contribution in [0.2, 0.25) is 0 Å². The molecule has 2 aromatic heterocycles. The summed E-state index contributed by atoms with van der Waals surface area (Å²) in [4.78, 5) is 33.5. The minimum atomic E-state index is -0.314. The number of nitrogens with zero attached hydrogens (tertiary/aromatic N) is 3. The van der Waals surface area contributed by atoms with Crippen LogP contribution < -0.4 is 15.6 Å². The second kappa shape index (κ2) is 7.57. The molecular formula is C20H20N4O3. The average molecular weight is 364 g/mol. The Morgan fingerprint density at radius 2 is 2.11 bits per heavy atom. The quantitative estimate of drug-likeness (QED) is 0.769. The first kappa shape index (κ1) is 17.2. The minimum Gasteiger partial charge on any atom is -0.484 e. The zero-order valence-corrected chi connectivity index (χ0v) is 14.9. The number of amides is 1. The van der Waals surface area contributed by atoms with Crippen molar-refractivity contribution in [2.24, 2.45) is 0 Å². The van der Waals surface area contributed by atoms with Crippen molar-refractivity contribution < 1.29 is 9.53 Å². The Morgan fingerprint density at radius 3 is 2.96 bits per heavy atom. The number of hydrogen-bond acceptors (Lipinski definition) is 5. The summed E-state index contributed by atoms with van der Waals surface area (Å²) in [5, 5.41) is 3.17. The van der Waals surface area contributed by atoms with Crippen LogP contribution >= 0.6 is 0 Å². The van der Waals surface area contributed by atoms with E-state index in [2.05, 4.69) is 15.3 Å². The van der Waals surface area contributed by atoms with E-state index in [1.165, 1.54) is 0 Å². The van der Waals surface area contributed by atoms with E-state index in [0.717, 1.165) is 31.5 Å². The largest absolute Gasteiger partial charge is 0.484 e. The lowest BCUT2D eigenvalue weighted by Gasteiger charge is -2.11. The Labute approximate surface area is 156 Å². The van der Waals surface area contributed by atoms with Crippen molar-refractivity contribution in [3.8, 4) is 5.75 Å². The van der Waals surface area contributed by atoms with Gasteiger partial charge in [0.05, 0.1) is 10.9 Å². The maximum atomic E-state index is 12.8. The maximum absolute atomic E-state index is 12.8. The molecule has 0 spiro atoms. The van der Waals surface area contributed by atoms with Gasteiger partial charge in [-0.25, -0.2) is 9.97 Å². The summed E-state index contributed by atoms with van der Waals surface area (Å²) in [5.74, 6) is 1.47. The van der Waals surface area contributed by atoms with Gasteiger partial charge in [-0.2, -0.15) is 0 Å². The molecule has 4 rings (SSSR count). The molecule has 1 aliphatic heterocycles. The van der Waals surface area contributed by atoms with Gasteiger partial charge in [-0.05, 0) is 43.2 Å². The molecule has 0 saturated heterocycles. The van der Waals surface area contributed by atoms with E-state index in [1.54, 1.807) is 47.2 Å². The van der Waals surface area contributed by atoms with Gasteiger partial charge in [0, 0.05) is 19.2 Å². The van der Waals surface area contributed by atoms with Crippen LogP contribution in [0.5, 0.6) is 5.75 Å². The molecule has 3 heterocycles. The molecule has 1 aliphatic rings. The third-order valence-corrected chi connectivity index (χ3v) is 4.59. The molecule has 0 fully saturated rings. The highest BCUT2D eigenvalue weighted by molar-refractivity contribution is 5.91. The van der Waals surface area contributed by atoms with Crippen LogP contribution in [0, 0.1) is 0 Å². The molecule has 7 heteroatoms. The number of carbonyl (C=O) groups excluding carboxylic acids is 1. The molecule has 7 nitrogen and oxygen atoms in total. The fourth-order valence-corrected chi connectivity index (χ4v) is 3.25. The molecular weight excluding hydrogens is 344 g/mol. The predicted molar refractivity (Wildman–Crippen MR) is 102 cm³/mol. The topological polar surface area (TPSA) is 86.1 Å². The third kappa shape index (κ3) is 3.81. The number of ether oxygens (including phenoxy) is 1. The number of hydrogen-bond donors (Lipinski definition) is 1. The molecule has 1 N–H and O–H groups in total. The van der Waals surface area contributed by atoms with Crippen LogP contribution in [-0.4, -0.2) is 27.0 Å². The van der Waals surface area contributed by atoms with Crippen LogP contribution in [-0.2, 0) is 17.8 Å². The molecule has 138 valence electrons. The zero-order chi connectivity index (χ0) is 18.6. The Balaban J connectivity index is 1.52. The van der Waals surface area contributed by atoms with Crippen LogP contribution in [0.1, 0.15) is 25.1 Å². The van der Waals surface area contributed by atoms with Crippen LogP contribution in [0.15, 0.2) is 47.4 Å². The van der Waals surface area contributed by atoms with Crippen molar-refractivity contribution in [2.45, 2.75) is 32.2 Å². The smallest absolute Gasteiger partial charge is 0.263 e. The monoisotopic (exact) mass is 364 g/mol. The van der Waals surface area contributed by atoms with Crippen molar-refractivity contribution in [3.05, 3.63) is 58.8 Å². The lowest BCUT2D eigenvalue weighted by molar-refractivity contribution is -0.118. The van der Waals surface area contributed by atoms with Crippen molar-refractivity contribution in [3.63, 3.8) is 0 Å². The molecule has 3 aromatic rings. The Kier molecular flexibility index (Phi) is 4.82. The second-order valence-corrected chi connectivity index (χ2v) is 6.53. The highest BCUT2D eigenvalue weighted by Gasteiger charge is 2.14. The van der Waals surface area contributed by atoms with Crippen LogP contribution in [0.25, 0.3) is 10.9 Å². The number of aryl methyl sites for hydroxylation is 1. The molecule has 0 atom stereocenters. The van der Waals surface area contributed by atoms with Gasteiger partial charge in [-0.15, -0.1) is 0 Å². The fourth-order valence-electron chi connectivity index (χ4n) is 3.25. The van der Waals surface area contributed by atoms with E-state index < -0.39 is 0 Å². The molecule has 27 heavy (non-hydrogen) atoms. The number of carbonyl (C=O) groups is 1. The van der Waals surface area contributed by atoms with Crippen molar-refractivity contribution in [1.29, 1.82) is 0 Å². The van der Waals surface area contributed by atoms with Crippen molar-refractivity contribution in [1.82, 2.24) is 14.5 Å². The van der Waals surface area contributed by atoms with Gasteiger partial charge >= 0.3 is 0 Å². The van der Waals surface area contributed by atoms with Gasteiger partial charge in [-0.3, -0.25) is 14.2 Å². The highest BCUT2D eigenvalue weighted by atomic mass is 16.5. The van der Waals surface area contributed by atoms with E-state index in [-0.39, 0.29) is 18.1 Å². The fraction of sp³-hybridized carbons (Fsp3) is 0.300. The number of benzene rings is 1. The summed E-state index contributed by atoms with van der Waals surface area (Å²) in [5.41, 5.74) is 0.624. The van der Waals surface area contributed by atoms with Gasteiger partial charge in [0.1, 0.15) is 17.4 Å². The van der Waals surface area contributed by atoms with Gasteiger partial charge in [-0.1, -0.05) is 12.5 Å². The summed E-state index contributed by atoms with van der Waals surface area (Å²) in [6.07, 6.45) is 5.59. The van der Waals surface area contributed by atoms with E-state index >= 15 is 0 Å². The van der Waals surface area contributed by atoms with E-state index in [4.69, 9.17) is 4.74 Å². The van der Waals surface area contributed by atoms with Crippen LogP contribution in [0.4, 0.5) is 5.82 Å². The van der Waals surface area contributed by atoms with Crippen molar-refractivity contribution >= 4 is 22.6 Å². The third-order valence-electron chi connectivity index (χ3n) is 4.59. The van der Waals surface area contributed by atoms with E-state index in [1.807, 2.05) is 0 Å².